The lowest BCUT2D eigenvalue weighted by molar-refractivity contribution is -0.116. The predicted molar refractivity (Wildman–Crippen MR) is 110 cm³/mol. The summed E-state index contributed by atoms with van der Waals surface area (Å²) in [6, 6.07) is 8.07. The lowest BCUT2D eigenvalue weighted by Gasteiger charge is -2.34. The first kappa shape index (κ1) is 19.8. The van der Waals surface area contributed by atoms with Crippen molar-refractivity contribution < 1.29 is 4.79 Å². The molecule has 2 aromatic rings. The van der Waals surface area contributed by atoms with E-state index in [1.54, 1.807) is 4.57 Å². The zero-order chi connectivity index (χ0) is 19.2. The average molecular weight is 389 g/mol. The molecule has 1 aliphatic rings. The minimum absolute atomic E-state index is 0.00979. The highest BCUT2D eigenvalue weighted by Gasteiger charge is 2.15. The molecule has 2 heterocycles. The quantitative estimate of drug-likeness (QED) is 0.791. The van der Waals surface area contributed by atoms with E-state index in [0.29, 0.717) is 13.0 Å². The highest BCUT2D eigenvalue weighted by atomic mass is 32.1. The van der Waals surface area contributed by atoms with Gasteiger partial charge in [-0.25, -0.2) is 0 Å². The van der Waals surface area contributed by atoms with Crippen LogP contribution in [0.2, 0.25) is 0 Å². The van der Waals surface area contributed by atoms with Crippen LogP contribution in [-0.2, 0) is 17.9 Å². The van der Waals surface area contributed by atoms with Crippen LogP contribution in [0.5, 0.6) is 0 Å². The third kappa shape index (κ3) is 5.51. The number of aryl methyl sites for hydroxylation is 1. The molecule has 3 rings (SSSR count). The molecule has 0 saturated carbocycles. The number of thiazole rings is 1. The number of carbonyl (C=O) groups excluding carboxylic acids is 1. The smallest absolute Gasteiger partial charge is 0.307 e. The number of rotatable bonds is 7. The Hall–Kier alpha value is -1.96. The number of nitrogens with one attached hydrogen (secondary N) is 1. The fraction of sp³-hybridized carbons (Fsp3) is 0.500. The summed E-state index contributed by atoms with van der Waals surface area (Å²) in [6.45, 7) is 11.1. The summed E-state index contributed by atoms with van der Waals surface area (Å²) in [6.07, 6.45) is 0.293. The highest BCUT2D eigenvalue weighted by molar-refractivity contribution is 7.07. The van der Waals surface area contributed by atoms with E-state index >= 15 is 0 Å². The van der Waals surface area contributed by atoms with Gasteiger partial charge in [-0.15, -0.1) is 0 Å². The number of benzene rings is 1. The minimum Gasteiger partial charge on any atom is -0.326 e. The van der Waals surface area contributed by atoms with Crippen molar-refractivity contribution in [2.75, 3.05) is 38.0 Å². The van der Waals surface area contributed by atoms with Gasteiger partial charge in [0, 0.05) is 62.5 Å². The monoisotopic (exact) mass is 388 g/mol. The Kier molecular flexibility index (Phi) is 6.82. The fourth-order valence-corrected chi connectivity index (χ4v) is 4.09. The number of nitrogens with zero attached hydrogens (tertiary/aromatic N) is 3. The first-order valence-corrected chi connectivity index (χ1v) is 10.4. The van der Waals surface area contributed by atoms with Gasteiger partial charge >= 0.3 is 4.87 Å². The maximum atomic E-state index is 12.2. The van der Waals surface area contributed by atoms with Crippen LogP contribution in [0.3, 0.4) is 0 Å². The topological polar surface area (TPSA) is 57.6 Å². The normalized spacial score (nSPS) is 15.8. The van der Waals surface area contributed by atoms with E-state index in [-0.39, 0.29) is 10.8 Å². The molecule has 0 atom stereocenters. The maximum Gasteiger partial charge on any atom is 0.307 e. The largest absolute Gasteiger partial charge is 0.326 e. The predicted octanol–water partition coefficient (Wildman–Crippen LogP) is 2.38. The van der Waals surface area contributed by atoms with Crippen molar-refractivity contribution in [3.63, 3.8) is 0 Å². The highest BCUT2D eigenvalue weighted by Crippen LogP contribution is 2.13. The molecule has 0 spiro atoms. The van der Waals surface area contributed by atoms with E-state index in [1.807, 2.05) is 24.4 Å². The first-order valence-electron chi connectivity index (χ1n) is 9.53. The third-order valence-electron chi connectivity index (χ3n) is 5.09. The van der Waals surface area contributed by atoms with Gasteiger partial charge in [-0.1, -0.05) is 30.4 Å². The van der Waals surface area contributed by atoms with Crippen LogP contribution < -0.4 is 10.2 Å². The van der Waals surface area contributed by atoms with Crippen molar-refractivity contribution in [1.82, 2.24) is 14.4 Å². The lowest BCUT2D eigenvalue weighted by Crippen LogP contribution is -2.45. The maximum absolute atomic E-state index is 12.2. The van der Waals surface area contributed by atoms with Gasteiger partial charge < -0.3 is 14.8 Å². The molecule has 0 unspecified atom stereocenters. The molecular weight excluding hydrogens is 360 g/mol. The summed E-state index contributed by atoms with van der Waals surface area (Å²) >= 11 is 1.17. The molecule has 0 aliphatic carbocycles. The number of amides is 1. The molecule has 0 bridgehead atoms. The van der Waals surface area contributed by atoms with Crippen LogP contribution in [0, 0.1) is 6.92 Å². The molecule has 1 aromatic heterocycles. The second kappa shape index (κ2) is 9.30. The summed E-state index contributed by atoms with van der Waals surface area (Å²) in [5.41, 5.74) is 2.97. The molecule has 0 radical (unpaired) electrons. The van der Waals surface area contributed by atoms with Gasteiger partial charge in [0.15, 0.2) is 0 Å². The van der Waals surface area contributed by atoms with E-state index in [9.17, 15) is 9.59 Å². The Morgan fingerprint density at radius 1 is 1.11 bits per heavy atom. The van der Waals surface area contributed by atoms with Crippen LogP contribution in [0.25, 0.3) is 0 Å². The molecule has 1 N–H and O–H groups in total. The van der Waals surface area contributed by atoms with Gasteiger partial charge in [0.1, 0.15) is 0 Å². The molecule has 27 heavy (non-hydrogen) atoms. The number of carbonyl (C=O) groups is 1. The molecule has 146 valence electrons. The fourth-order valence-electron chi connectivity index (χ4n) is 3.33. The Morgan fingerprint density at radius 2 is 1.78 bits per heavy atom. The molecule has 1 saturated heterocycles. The summed E-state index contributed by atoms with van der Waals surface area (Å²) in [7, 11) is 0. The zero-order valence-electron chi connectivity index (χ0n) is 16.1. The molecule has 1 aromatic carbocycles. The van der Waals surface area contributed by atoms with Crippen LogP contribution in [0.1, 0.15) is 24.6 Å². The average Bonchev–Trinajstić information content (AvgIpc) is 3.00. The molecule has 6 nitrogen and oxygen atoms in total. The SMILES string of the molecule is CCN1CCN(Cc2ccc(NC(=O)CCn3c(C)csc3=O)cc2)CC1. The molecular formula is C20H28N4O2S. The second-order valence-corrected chi connectivity index (χ2v) is 7.82. The van der Waals surface area contributed by atoms with Gasteiger partial charge in [0.05, 0.1) is 0 Å². The number of hydrogen-bond donors (Lipinski definition) is 1. The summed E-state index contributed by atoms with van der Waals surface area (Å²) in [5.74, 6) is -0.0732. The molecule has 1 aliphatic heterocycles. The minimum atomic E-state index is -0.0732. The van der Waals surface area contributed by atoms with Crippen LogP contribution in [-0.4, -0.2) is 53.0 Å². The molecule has 1 amide bonds. The van der Waals surface area contributed by atoms with E-state index in [4.69, 9.17) is 0 Å². The van der Waals surface area contributed by atoms with Gasteiger partial charge in [-0.3, -0.25) is 14.5 Å². The number of aromatic nitrogens is 1. The number of likely N-dealkylation sites (N-methyl/N-ethyl adjacent to an activating group) is 1. The van der Waals surface area contributed by atoms with Crippen molar-refractivity contribution in [3.05, 3.63) is 50.6 Å². The van der Waals surface area contributed by atoms with E-state index < -0.39 is 0 Å². The number of hydrogen-bond acceptors (Lipinski definition) is 5. The van der Waals surface area contributed by atoms with Crippen LogP contribution in [0.4, 0.5) is 5.69 Å². The third-order valence-corrected chi connectivity index (χ3v) is 5.98. The van der Waals surface area contributed by atoms with Gasteiger partial charge in [0.25, 0.3) is 0 Å². The van der Waals surface area contributed by atoms with Gasteiger partial charge in [-0.05, 0) is 31.2 Å². The Labute approximate surface area is 164 Å². The Morgan fingerprint density at radius 3 is 2.37 bits per heavy atom. The van der Waals surface area contributed by atoms with Crippen molar-refractivity contribution in [2.24, 2.45) is 0 Å². The first-order chi connectivity index (χ1) is 13.0. The second-order valence-electron chi connectivity index (χ2n) is 7.00. The van der Waals surface area contributed by atoms with Gasteiger partial charge in [-0.2, -0.15) is 0 Å². The molecule has 1 fully saturated rings. The van der Waals surface area contributed by atoms with Crippen molar-refractivity contribution >= 4 is 22.9 Å². The van der Waals surface area contributed by atoms with E-state index in [0.717, 1.165) is 50.6 Å². The lowest BCUT2D eigenvalue weighted by atomic mass is 10.1. The number of anilines is 1. The standard InChI is InChI=1S/C20H28N4O2S/c1-3-22-10-12-23(13-11-22)14-17-4-6-18(7-5-17)21-19(25)8-9-24-16(2)15-27-20(24)26/h4-7,15H,3,8-14H2,1-2H3,(H,21,25). The Bertz CT molecular complexity index is 804. The Balaban J connectivity index is 1.46. The van der Waals surface area contributed by atoms with Crippen LogP contribution >= 0.6 is 11.3 Å². The van der Waals surface area contributed by atoms with Gasteiger partial charge in [0.2, 0.25) is 5.91 Å². The van der Waals surface area contributed by atoms with E-state index in [1.165, 1.54) is 16.9 Å². The number of piperazine rings is 1. The van der Waals surface area contributed by atoms with Crippen LogP contribution in [0.15, 0.2) is 34.4 Å². The summed E-state index contributed by atoms with van der Waals surface area (Å²) in [5, 5.41) is 4.74. The van der Waals surface area contributed by atoms with Crippen molar-refractivity contribution in [3.8, 4) is 0 Å². The molecule has 7 heteroatoms. The van der Waals surface area contributed by atoms with E-state index in [2.05, 4.69) is 34.2 Å². The van der Waals surface area contributed by atoms with Crippen molar-refractivity contribution in [1.29, 1.82) is 0 Å². The summed E-state index contributed by atoms with van der Waals surface area (Å²) in [4.78, 5) is 28.8. The van der Waals surface area contributed by atoms with Crippen molar-refractivity contribution in [2.45, 2.75) is 33.4 Å². The summed E-state index contributed by atoms with van der Waals surface area (Å²) < 4.78 is 1.64. The zero-order valence-corrected chi connectivity index (χ0v) is 16.9.